The lowest BCUT2D eigenvalue weighted by molar-refractivity contribution is -0.148. The van der Waals surface area contributed by atoms with Crippen LogP contribution in [0.4, 0.5) is 4.39 Å². The Hall–Kier alpha value is -2.11. The lowest BCUT2D eigenvalue weighted by atomic mass is 10.3. The van der Waals surface area contributed by atoms with Crippen molar-refractivity contribution in [3.63, 3.8) is 0 Å². The average Bonchev–Trinajstić information content (AvgIpc) is 2.35. The number of amides is 1. The Kier molecular flexibility index (Phi) is 4.65. The van der Waals surface area contributed by atoms with Gasteiger partial charge in [0.1, 0.15) is 17.6 Å². The summed E-state index contributed by atoms with van der Waals surface area (Å²) in [6.45, 7) is 1.11. The Labute approximate surface area is 104 Å². The second-order valence-electron chi connectivity index (χ2n) is 3.76. The third kappa shape index (κ3) is 3.73. The van der Waals surface area contributed by atoms with E-state index in [1.54, 1.807) is 0 Å². The molecule has 0 bridgehead atoms. The molecule has 0 aliphatic carbocycles. The van der Waals surface area contributed by atoms with Crippen molar-refractivity contribution < 1.29 is 23.8 Å². The highest BCUT2D eigenvalue weighted by atomic mass is 19.1. The smallest absolute Gasteiger partial charge is 0.326 e. The molecule has 1 amide bonds. The molecule has 6 heteroatoms. The van der Waals surface area contributed by atoms with E-state index >= 15 is 0 Å². The number of hydrogen-bond acceptors (Lipinski definition) is 3. The Balaban J connectivity index is 2.50. The minimum absolute atomic E-state index is 0.292. The van der Waals surface area contributed by atoms with Gasteiger partial charge >= 0.3 is 5.97 Å². The van der Waals surface area contributed by atoms with Gasteiger partial charge in [-0.15, -0.1) is 0 Å². The summed E-state index contributed by atoms with van der Waals surface area (Å²) < 4.78 is 17.7. The van der Waals surface area contributed by atoms with Crippen LogP contribution >= 0.6 is 0 Å². The first kappa shape index (κ1) is 14.0. The number of carbonyl (C=O) groups is 2. The van der Waals surface area contributed by atoms with Gasteiger partial charge in [-0.2, -0.15) is 0 Å². The molecule has 1 aromatic carbocycles. The molecular formula is C12H14FNO4. The molecule has 1 unspecified atom stereocenters. The number of rotatable bonds is 5. The van der Waals surface area contributed by atoms with Crippen LogP contribution in [0, 0.1) is 5.82 Å². The number of carbonyl (C=O) groups excluding carboxylic acids is 1. The molecule has 0 heterocycles. The molecule has 98 valence electrons. The van der Waals surface area contributed by atoms with E-state index < -0.39 is 23.7 Å². The zero-order chi connectivity index (χ0) is 13.7. The van der Waals surface area contributed by atoms with Gasteiger partial charge in [-0.1, -0.05) is 0 Å². The molecule has 0 radical (unpaired) electrons. The van der Waals surface area contributed by atoms with Crippen LogP contribution in [0.5, 0.6) is 5.75 Å². The highest BCUT2D eigenvalue weighted by Gasteiger charge is 2.21. The van der Waals surface area contributed by atoms with E-state index in [0.29, 0.717) is 5.75 Å². The Morgan fingerprint density at radius 3 is 2.44 bits per heavy atom. The summed E-state index contributed by atoms with van der Waals surface area (Å²) in [6.07, 6.45) is 0. The number of nitrogens with zero attached hydrogens (tertiary/aromatic N) is 1. The maximum absolute atomic E-state index is 12.6. The Morgan fingerprint density at radius 2 is 1.94 bits per heavy atom. The van der Waals surface area contributed by atoms with Crippen molar-refractivity contribution in [1.29, 1.82) is 0 Å². The van der Waals surface area contributed by atoms with Crippen LogP contribution in [-0.4, -0.2) is 41.6 Å². The topological polar surface area (TPSA) is 66.8 Å². The standard InChI is InChI=1S/C12H14FNO4/c1-8(12(16)17)14(2)11(15)7-18-10-5-3-9(13)4-6-10/h3-6,8H,7H2,1-2H3,(H,16,17). The van der Waals surface area contributed by atoms with E-state index in [1.807, 2.05) is 0 Å². The molecule has 1 rings (SSSR count). The van der Waals surface area contributed by atoms with Crippen molar-refractivity contribution in [3.05, 3.63) is 30.1 Å². The van der Waals surface area contributed by atoms with Crippen LogP contribution in [0.1, 0.15) is 6.92 Å². The van der Waals surface area contributed by atoms with Gasteiger partial charge in [0.2, 0.25) is 0 Å². The second-order valence-corrected chi connectivity index (χ2v) is 3.76. The third-order valence-electron chi connectivity index (χ3n) is 2.51. The molecular weight excluding hydrogens is 241 g/mol. The van der Waals surface area contributed by atoms with Crippen molar-refractivity contribution >= 4 is 11.9 Å². The lowest BCUT2D eigenvalue weighted by Crippen LogP contribution is -2.42. The molecule has 1 atom stereocenters. The van der Waals surface area contributed by atoms with E-state index in [4.69, 9.17) is 9.84 Å². The molecule has 0 aliphatic rings. The highest BCUT2D eigenvalue weighted by molar-refractivity contribution is 5.84. The first-order chi connectivity index (χ1) is 8.41. The molecule has 0 aliphatic heterocycles. The fourth-order valence-electron chi connectivity index (χ4n) is 1.16. The molecule has 0 aromatic heterocycles. The van der Waals surface area contributed by atoms with Gasteiger partial charge in [-0.05, 0) is 31.2 Å². The van der Waals surface area contributed by atoms with Crippen LogP contribution in [0.3, 0.4) is 0 Å². The molecule has 0 saturated heterocycles. The zero-order valence-electron chi connectivity index (χ0n) is 10.1. The fourth-order valence-corrected chi connectivity index (χ4v) is 1.16. The van der Waals surface area contributed by atoms with Crippen LogP contribution in [0.25, 0.3) is 0 Å². The summed E-state index contributed by atoms with van der Waals surface area (Å²) in [5.74, 6) is -1.60. The number of carboxylic acids is 1. The predicted molar refractivity (Wildman–Crippen MR) is 61.8 cm³/mol. The van der Waals surface area contributed by atoms with Crippen LogP contribution in [0.2, 0.25) is 0 Å². The van der Waals surface area contributed by atoms with Crippen LogP contribution in [-0.2, 0) is 9.59 Å². The lowest BCUT2D eigenvalue weighted by Gasteiger charge is -2.21. The van der Waals surface area contributed by atoms with Gasteiger partial charge in [0, 0.05) is 7.05 Å². The number of hydrogen-bond donors (Lipinski definition) is 1. The van der Waals surface area contributed by atoms with E-state index in [2.05, 4.69) is 0 Å². The van der Waals surface area contributed by atoms with Gasteiger partial charge in [-0.25, -0.2) is 9.18 Å². The number of halogens is 1. The normalized spacial score (nSPS) is 11.7. The number of aliphatic carboxylic acids is 1. The molecule has 18 heavy (non-hydrogen) atoms. The molecule has 0 spiro atoms. The molecule has 1 N–H and O–H groups in total. The quantitative estimate of drug-likeness (QED) is 0.856. The van der Waals surface area contributed by atoms with Crippen molar-refractivity contribution in [2.24, 2.45) is 0 Å². The monoisotopic (exact) mass is 255 g/mol. The van der Waals surface area contributed by atoms with E-state index in [9.17, 15) is 14.0 Å². The SMILES string of the molecule is CC(C(=O)O)N(C)C(=O)COc1ccc(F)cc1. The molecule has 1 aromatic rings. The Morgan fingerprint density at radius 1 is 1.39 bits per heavy atom. The first-order valence-corrected chi connectivity index (χ1v) is 5.28. The summed E-state index contributed by atoms with van der Waals surface area (Å²) in [4.78, 5) is 23.3. The van der Waals surface area contributed by atoms with E-state index in [0.717, 1.165) is 4.90 Å². The summed E-state index contributed by atoms with van der Waals surface area (Å²) in [5.41, 5.74) is 0. The van der Waals surface area contributed by atoms with Crippen molar-refractivity contribution in [1.82, 2.24) is 4.90 Å². The minimum atomic E-state index is -1.09. The number of ether oxygens (including phenoxy) is 1. The molecule has 5 nitrogen and oxygen atoms in total. The zero-order valence-corrected chi connectivity index (χ0v) is 10.1. The number of benzene rings is 1. The Bertz CT molecular complexity index is 432. The maximum atomic E-state index is 12.6. The average molecular weight is 255 g/mol. The van der Waals surface area contributed by atoms with Gasteiger partial charge in [-0.3, -0.25) is 4.79 Å². The van der Waals surface area contributed by atoms with E-state index in [-0.39, 0.29) is 6.61 Å². The second kappa shape index (κ2) is 6.00. The molecule has 0 saturated carbocycles. The number of carboxylic acid groups (broad SMARTS) is 1. The van der Waals surface area contributed by atoms with Gasteiger partial charge in [0.25, 0.3) is 5.91 Å². The van der Waals surface area contributed by atoms with Crippen LogP contribution in [0.15, 0.2) is 24.3 Å². The predicted octanol–water partition coefficient (Wildman–Crippen LogP) is 1.14. The van der Waals surface area contributed by atoms with Crippen molar-refractivity contribution in [2.45, 2.75) is 13.0 Å². The minimum Gasteiger partial charge on any atom is -0.484 e. The van der Waals surface area contributed by atoms with Gasteiger partial charge in [0.15, 0.2) is 6.61 Å². The maximum Gasteiger partial charge on any atom is 0.326 e. The van der Waals surface area contributed by atoms with E-state index in [1.165, 1.54) is 38.2 Å². The molecule has 0 fully saturated rings. The summed E-state index contributed by atoms with van der Waals surface area (Å²) in [6, 6.07) is 4.29. The summed E-state index contributed by atoms with van der Waals surface area (Å²) >= 11 is 0. The van der Waals surface area contributed by atoms with Crippen molar-refractivity contribution in [2.75, 3.05) is 13.7 Å². The third-order valence-corrected chi connectivity index (χ3v) is 2.51. The largest absolute Gasteiger partial charge is 0.484 e. The number of likely N-dealkylation sites (N-methyl/N-ethyl adjacent to an activating group) is 1. The first-order valence-electron chi connectivity index (χ1n) is 5.28. The van der Waals surface area contributed by atoms with Crippen LogP contribution < -0.4 is 4.74 Å². The van der Waals surface area contributed by atoms with Gasteiger partial charge < -0.3 is 14.7 Å². The highest BCUT2D eigenvalue weighted by Crippen LogP contribution is 2.11. The van der Waals surface area contributed by atoms with Gasteiger partial charge in [0.05, 0.1) is 0 Å². The summed E-state index contributed by atoms with van der Waals surface area (Å²) in [7, 11) is 1.38. The summed E-state index contributed by atoms with van der Waals surface area (Å²) in [5, 5.41) is 8.74. The van der Waals surface area contributed by atoms with Crippen molar-refractivity contribution in [3.8, 4) is 5.75 Å². The fraction of sp³-hybridized carbons (Fsp3) is 0.333.